The molecule has 0 radical (unpaired) electrons. The molecule has 0 saturated carbocycles. The van der Waals surface area contributed by atoms with Gasteiger partial charge in [-0.3, -0.25) is 9.52 Å². The Morgan fingerprint density at radius 2 is 1.69 bits per heavy atom. The van der Waals surface area contributed by atoms with Crippen molar-refractivity contribution in [3.63, 3.8) is 0 Å². The smallest absolute Gasteiger partial charge is 0.407 e. The van der Waals surface area contributed by atoms with Crippen molar-refractivity contribution in [1.29, 1.82) is 0 Å². The van der Waals surface area contributed by atoms with Crippen LogP contribution in [0.15, 0.2) is 66.7 Å². The van der Waals surface area contributed by atoms with Crippen LogP contribution in [0.1, 0.15) is 21.5 Å². The summed E-state index contributed by atoms with van der Waals surface area (Å²) >= 11 is 0. The number of methoxy groups -OCH3 is 1. The van der Waals surface area contributed by atoms with Crippen molar-refractivity contribution in [3.8, 4) is 11.5 Å². The number of hydrogen-bond donors (Lipinski definition) is 1. The maximum absolute atomic E-state index is 13.2. The molecular weight excluding hydrogens is 487 g/mol. The van der Waals surface area contributed by atoms with Gasteiger partial charge in [-0.1, -0.05) is 23.8 Å². The summed E-state index contributed by atoms with van der Waals surface area (Å²) in [5.74, 6) is -0.235. The second-order valence-corrected chi connectivity index (χ2v) is 9.86. The summed E-state index contributed by atoms with van der Waals surface area (Å²) in [6.07, 6.45) is -0.812. The van der Waals surface area contributed by atoms with Crippen molar-refractivity contribution in [2.24, 2.45) is 0 Å². The summed E-state index contributed by atoms with van der Waals surface area (Å²) in [5.41, 5.74) is 2.75. The Balaban J connectivity index is 1.44. The summed E-state index contributed by atoms with van der Waals surface area (Å²) in [4.78, 5) is 14.9. The third kappa shape index (κ3) is 6.13. The summed E-state index contributed by atoms with van der Waals surface area (Å²) in [6.45, 7) is 4.52. The molecule has 0 spiro atoms. The molecule has 1 aliphatic rings. The van der Waals surface area contributed by atoms with E-state index in [0.29, 0.717) is 24.4 Å². The third-order valence-electron chi connectivity index (χ3n) is 5.81. The Kier molecular flexibility index (Phi) is 7.46. The highest BCUT2D eigenvalue weighted by atomic mass is 32.2. The monoisotopic (exact) mass is 514 g/mol. The fourth-order valence-electron chi connectivity index (χ4n) is 3.98. The molecular formula is C26H27FN2O6S. The summed E-state index contributed by atoms with van der Waals surface area (Å²) in [6, 6.07) is 16.7. The number of rotatable bonds is 8. The van der Waals surface area contributed by atoms with Gasteiger partial charge < -0.3 is 18.6 Å². The number of ether oxygens (including phenoxy) is 2. The number of carbonyl (C=O) groups is 1. The number of nitrogens with one attached hydrogen (secondary N) is 1. The zero-order valence-corrected chi connectivity index (χ0v) is 20.9. The molecule has 4 rings (SSSR count). The van der Waals surface area contributed by atoms with Gasteiger partial charge >= 0.3 is 10.3 Å². The normalized spacial score (nSPS) is 17.6. The predicted molar refractivity (Wildman–Crippen MR) is 133 cm³/mol. The van der Waals surface area contributed by atoms with Crippen LogP contribution in [0.25, 0.3) is 0 Å². The molecule has 3 aromatic carbocycles. The second kappa shape index (κ2) is 10.5. The number of carbonyl (C=O) groups excluding carboxylic acids is 1. The van der Waals surface area contributed by atoms with Crippen molar-refractivity contribution < 1.29 is 31.3 Å². The SMILES string of the molecule is CO[C@@H]1CN(C(=O)c2cc(C)ccc2C)C[C@H]1Oc1cccc(NS(=O)(=O)Oc2ccc(F)cc2)c1. The van der Waals surface area contributed by atoms with Crippen molar-refractivity contribution in [1.82, 2.24) is 4.90 Å². The van der Waals surface area contributed by atoms with Gasteiger partial charge in [-0.25, -0.2) is 4.39 Å². The lowest BCUT2D eigenvalue weighted by molar-refractivity contribution is 0.0340. The van der Waals surface area contributed by atoms with Crippen LogP contribution < -0.4 is 13.6 Å². The van der Waals surface area contributed by atoms with E-state index in [1.807, 2.05) is 32.0 Å². The van der Waals surface area contributed by atoms with Crippen molar-refractivity contribution in [3.05, 3.63) is 89.2 Å². The number of benzene rings is 3. The molecule has 36 heavy (non-hydrogen) atoms. The van der Waals surface area contributed by atoms with Gasteiger partial charge in [0, 0.05) is 18.7 Å². The Hall–Kier alpha value is -3.63. The summed E-state index contributed by atoms with van der Waals surface area (Å²) in [5, 5.41) is 0. The van der Waals surface area contributed by atoms with Gasteiger partial charge in [0.15, 0.2) is 0 Å². The van der Waals surface area contributed by atoms with Gasteiger partial charge in [0.05, 0.1) is 18.8 Å². The molecule has 0 aliphatic carbocycles. The molecule has 10 heteroatoms. The van der Waals surface area contributed by atoms with E-state index in [1.54, 1.807) is 24.1 Å². The summed E-state index contributed by atoms with van der Waals surface area (Å²) in [7, 11) is -2.66. The predicted octanol–water partition coefficient (Wildman–Crippen LogP) is 4.10. The first kappa shape index (κ1) is 25.5. The fraction of sp³-hybridized carbons (Fsp3) is 0.269. The third-order valence-corrected chi connectivity index (χ3v) is 6.71. The number of aryl methyl sites for hydroxylation is 2. The molecule has 1 heterocycles. The van der Waals surface area contributed by atoms with Crippen LogP contribution in [0, 0.1) is 19.7 Å². The second-order valence-electron chi connectivity index (χ2n) is 8.58. The molecule has 190 valence electrons. The number of hydrogen-bond acceptors (Lipinski definition) is 6. The van der Waals surface area contributed by atoms with Crippen molar-refractivity contribution in [2.45, 2.75) is 26.1 Å². The first-order valence-electron chi connectivity index (χ1n) is 11.3. The lowest BCUT2D eigenvalue weighted by Gasteiger charge is -2.19. The van der Waals surface area contributed by atoms with E-state index in [-0.39, 0.29) is 23.4 Å². The van der Waals surface area contributed by atoms with Gasteiger partial charge in [-0.05, 0) is 61.9 Å². The highest BCUT2D eigenvalue weighted by molar-refractivity contribution is 7.88. The van der Waals surface area contributed by atoms with Gasteiger partial charge in [0.25, 0.3) is 5.91 Å². The minimum absolute atomic E-state index is 0.0289. The number of likely N-dealkylation sites (tertiary alicyclic amines) is 1. The first-order valence-corrected chi connectivity index (χ1v) is 12.7. The molecule has 8 nitrogen and oxygen atoms in total. The summed E-state index contributed by atoms with van der Waals surface area (Å²) < 4.78 is 56.8. The van der Waals surface area contributed by atoms with E-state index >= 15 is 0 Å². The van der Waals surface area contributed by atoms with Gasteiger partial charge in [-0.2, -0.15) is 8.42 Å². The Morgan fingerprint density at radius 3 is 2.42 bits per heavy atom. The molecule has 0 aromatic heterocycles. The molecule has 1 fully saturated rings. The number of anilines is 1. The van der Waals surface area contributed by atoms with E-state index in [4.69, 9.17) is 13.7 Å². The maximum atomic E-state index is 13.2. The van der Waals surface area contributed by atoms with Gasteiger partial charge in [0.2, 0.25) is 0 Å². The van der Waals surface area contributed by atoms with E-state index in [1.165, 1.54) is 24.3 Å². The minimum Gasteiger partial charge on any atom is -0.486 e. The molecule has 1 saturated heterocycles. The zero-order chi connectivity index (χ0) is 25.9. The van der Waals surface area contributed by atoms with E-state index in [0.717, 1.165) is 23.3 Å². The average Bonchev–Trinajstić information content (AvgIpc) is 3.24. The molecule has 2 atom stereocenters. The lowest BCUT2D eigenvalue weighted by atomic mass is 10.0. The van der Waals surface area contributed by atoms with Crippen LogP contribution in [0.4, 0.5) is 10.1 Å². The fourth-order valence-corrected chi connectivity index (χ4v) is 4.80. The molecule has 3 aromatic rings. The highest BCUT2D eigenvalue weighted by Crippen LogP contribution is 2.26. The largest absolute Gasteiger partial charge is 0.486 e. The maximum Gasteiger partial charge on any atom is 0.407 e. The topological polar surface area (TPSA) is 94.2 Å². The minimum atomic E-state index is -4.22. The Morgan fingerprint density at radius 1 is 0.972 bits per heavy atom. The molecule has 1 amide bonds. The van der Waals surface area contributed by atoms with E-state index < -0.39 is 22.2 Å². The Bertz CT molecular complexity index is 1350. The van der Waals surface area contributed by atoms with Crippen molar-refractivity contribution in [2.75, 3.05) is 24.9 Å². The number of amides is 1. The van der Waals surface area contributed by atoms with Crippen LogP contribution in [-0.2, 0) is 15.0 Å². The molecule has 1 N–H and O–H groups in total. The van der Waals surface area contributed by atoms with E-state index in [2.05, 4.69) is 4.72 Å². The van der Waals surface area contributed by atoms with Crippen LogP contribution in [0.5, 0.6) is 11.5 Å². The standard InChI is InChI=1S/C26H27FN2O6S/c1-17-7-8-18(2)23(13-17)26(30)29-15-24(33-3)25(16-29)34-22-6-4-5-20(14-22)28-36(31,32)35-21-11-9-19(27)10-12-21/h4-14,24-25,28H,15-16H2,1-3H3/t24-,25-/m1/s1. The van der Waals surface area contributed by atoms with Gasteiger partial charge in [-0.15, -0.1) is 0 Å². The number of halogens is 1. The van der Waals surface area contributed by atoms with Crippen LogP contribution in [0.2, 0.25) is 0 Å². The molecule has 0 bridgehead atoms. The van der Waals surface area contributed by atoms with Crippen molar-refractivity contribution >= 4 is 21.9 Å². The van der Waals surface area contributed by atoms with Crippen LogP contribution >= 0.6 is 0 Å². The zero-order valence-electron chi connectivity index (χ0n) is 20.1. The van der Waals surface area contributed by atoms with Crippen LogP contribution in [0.3, 0.4) is 0 Å². The molecule has 1 aliphatic heterocycles. The average molecular weight is 515 g/mol. The number of nitrogens with zero attached hydrogens (tertiary/aromatic N) is 1. The van der Waals surface area contributed by atoms with Gasteiger partial charge in [0.1, 0.15) is 29.5 Å². The highest BCUT2D eigenvalue weighted by Gasteiger charge is 2.37. The Labute approximate surface area is 209 Å². The quantitative estimate of drug-likeness (QED) is 0.487. The van der Waals surface area contributed by atoms with Crippen LogP contribution in [-0.4, -0.2) is 51.6 Å². The molecule has 0 unspecified atom stereocenters. The van der Waals surface area contributed by atoms with E-state index in [9.17, 15) is 17.6 Å². The first-order chi connectivity index (χ1) is 17.1. The lowest BCUT2D eigenvalue weighted by Crippen LogP contribution is -2.32.